The molecule has 1 amide bonds. The van der Waals surface area contributed by atoms with Gasteiger partial charge in [-0.2, -0.15) is 5.10 Å². The van der Waals surface area contributed by atoms with Crippen LogP contribution in [0.2, 0.25) is 0 Å². The summed E-state index contributed by atoms with van der Waals surface area (Å²) in [6.07, 6.45) is 2.91. The van der Waals surface area contributed by atoms with E-state index in [0.29, 0.717) is 11.3 Å². The van der Waals surface area contributed by atoms with E-state index < -0.39 is 9.84 Å². The Kier molecular flexibility index (Phi) is 4.36. The molecule has 1 aromatic carbocycles. The van der Waals surface area contributed by atoms with Gasteiger partial charge >= 0.3 is 6.01 Å². The van der Waals surface area contributed by atoms with Crippen LogP contribution in [-0.4, -0.2) is 40.6 Å². The molecule has 25 heavy (non-hydrogen) atoms. The molecule has 0 fully saturated rings. The van der Waals surface area contributed by atoms with Crippen molar-refractivity contribution in [3.05, 3.63) is 42.1 Å². The van der Waals surface area contributed by atoms with Crippen molar-refractivity contribution in [3.63, 3.8) is 0 Å². The second-order valence-corrected chi connectivity index (χ2v) is 7.44. The number of benzene rings is 1. The van der Waals surface area contributed by atoms with Gasteiger partial charge in [-0.1, -0.05) is 17.2 Å². The second-order valence-electron chi connectivity index (χ2n) is 5.43. The number of aryl methyl sites for hydroxylation is 1. The van der Waals surface area contributed by atoms with Gasteiger partial charge in [-0.05, 0) is 23.8 Å². The second kappa shape index (κ2) is 6.48. The van der Waals surface area contributed by atoms with E-state index in [9.17, 15) is 13.2 Å². The first kappa shape index (κ1) is 16.8. The fraction of sp³-hybridized carbons (Fsp3) is 0.200. The van der Waals surface area contributed by atoms with Gasteiger partial charge in [-0.15, -0.1) is 5.10 Å². The molecule has 10 heteroatoms. The summed E-state index contributed by atoms with van der Waals surface area (Å²) in [6, 6.07) is 7.78. The summed E-state index contributed by atoms with van der Waals surface area (Å²) in [5, 5.41) is 14.2. The van der Waals surface area contributed by atoms with Gasteiger partial charge in [0.25, 0.3) is 5.89 Å². The summed E-state index contributed by atoms with van der Waals surface area (Å²) in [5.41, 5.74) is 1.17. The van der Waals surface area contributed by atoms with E-state index in [1.54, 1.807) is 36.1 Å². The zero-order valence-electron chi connectivity index (χ0n) is 13.5. The molecular formula is C15H15N5O4S. The maximum Gasteiger partial charge on any atom is 0.322 e. The average molecular weight is 361 g/mol. The zero-order chi connectivity index (χ0) is 18.0. The lowest BCUT2D eigenvalue weighted by Gasteiger charge is -2.03. The Morgan fingerprint density at radius 1 is 1.20 bits per heavy atom. The summed E-state index contributed by atoms with van der Waals surface area (Å²) in [5.74, 6) is -0.156. The SMILES string of the molecule is Cn1ccc(-c2nnc(NC(=O)Cc3ccc(S(C)(=O)=O)cc3)o2)n1. The minimum absolute atomic E-state index is 0.0293. The van der Waals surface area contributed by atoms with E-state index in [-0.39, 0.29) is 29.1 Å². The van der Waals surface area contributed by atoms with Gasteiger partial charge in [0.05, 0.1) is 11.3 Å². The van der Waals surface area contributed by atoms with E-state index in [1.165, 1.54) is 12.1 Å². The quantitative estimate of drug-likeness (QED) is 0.721. The van der Waals surface area contributed by atoms with Gasteiger partial charge in [-0.25, -0.2) is 8.42 Å². The van der Waals surface area contributed by atoms with Crippen LogP contribution in [0.3, 0.4) is 0 Å². The molecule has 0 radical (unpaired) electrons. The lowest BCUT2D eigenvalue weighted by Crippen LogP contribution is -2.14. The Balaban J connectivity index is 1.64. The molecule has 0 atom stereocenters. The lowest BCUT2D eigenvalue weighted by atomic mass is 10.1. The molecule has 2 aromatic heterocycles. The van der Waals surface area contributed by atoms with E-state index >= 15 is 0 Å². The minimum Gasteiger partial charge on any atom is -0.401 e. The first-order valence-corrected chi connectivity index (χ1v) is 9.13. The third kappa shape index (κ3) is 4.10. The first-order chi connectivity index (χ1) is 11.8. The van der Waals surface area contributed by atoms with Crippen molar-refractivity contribution in [1.82, 2.24) is 20.0 Å². The normalized spacial score (nSPS) is 11.4. The summed E-state index contributed by atoms with van der Waals surface area (Å²) >= 11 is 0. The Morgan fingerprint density at radius 2 is 1.92 bits per heavy atom. The number of carbonyl (C=O) groups is 1. The van der Waals surface area contributed by atoms with E-state index in [1.807, 2.05) is 0 Å². The molecule has 3 rings (SSSR count). The molecule has 0 aliphatic carbocycles. The molecule has 0 saturated heterocycles. The van der Waals surface area contributed by atoms with Crippen molar-refractivity contribution < 1.29 is 17.6 Å². The van der Waals surface area contributed by atoms with Gasteiger partial charge in [0.15, 0.2) is 9.84 Å². The molecule has 1 N–H and O–H groups in total. The predicted octanol–water partition coefficient (Wildman–Crippen LogP) is 1.05. The number of anilines is 1. The maximum atomic E-state index is 12.0. The van der Waals surface area contributed by atoms with Crippen LogP contribution in [0.5, 0.6) is 0 Å². The number of carbonyl (C=O) groups excluding carboxylic acids is 1. The summed E-state index contributed by atoms with van der Waals surface area (Å²) < 4.78 is 29.8. The lowest BCUT2D eigenvalue weighted by molar-refractivity contribution is -0.115. The molecule has 9 nitrogen and oxygen atoms in total. The molecule has 0 aliphatic rings. The summed E-state index contributed by atoms with van der Waals surface area (Å²) in [7, 11) is -1.50. The molecule has 130 valence electrons. The largest absolute Gasteiger partial charge is 0.401 e. The van der Waals surface area contributed by atoms with Crippen molar-refractivity contribution in [3.8, 4) is 11.6 Å². The fourth-order valence-electron chi connectivity index (χ4n) is 2.11. The van der Waals surface area contributed by atoms with Crippen molar-refractivity contribution >= 4 is 21.8 Å². The van der Waals surface area contributed by atoms with Gasteiger partial charge in [-0.3, -0.25) is 14.8 Å². The topological polar surface area (TPSA) is 120 Å². The zero-order valence-corrected chi connectivity index (χ0v) is 14.3. The van der Waals surface area contributed by atoms with Crippen LogP contribution in [-0.2, 0) is 28.1 Å². The van der Waals surface area contributed by atoms with Crippen LogP contribution < -0.4 is 5.32 Å². The number of hydrogen-bond acceptors (Lipinski definition) is 7. The van der Waals surface area contributed by atoms with Crippen molar-refractivity contribution in [2.75, 3.05) is 11.6 Å². The van der Waals surface area contributed by atoms with E-state index in [0.717, 1.165) is 6.26 Å². The highest BCUT2D eigenvalue weighted by Gasteiger charge is 2.14. The van der Waals surface area contributed by atoms with Crippen LogP contribution in [0.15, 0.2) is 45.8 Å². The van der Waals surface area contributed by atoms with Gasteiger partial charge in [0, 0.05) is 19.5 Å². The first-order valence-electron chi connectivity index (χ1n) is 7.23. The fourth-order valence-corrected chi connectivity index (χ4v) is 2.74. The minimum atomic E-state index is -3.26. The average Bonchev–Trinajstić information content (AvgIpc) is 3.15. The van der Waals surface area contributed by atoms with Crippen LogP contribution in [0.4, 0.5) is 6.01 Å². The Labute approximate surface area is 143 Å². The van der Waals surface area contributed by atoms with Crippen LogP contribution in [0.1, 0.15) is 5.56 Å². The molecule has 2 heterocycles. The monoisotopic (exact) mass is 361 g/mol. The van der Waals surface area contributed by atoms with Crippen molar-refractivity contribution in [2.45, 2.75) is 11.3 Å². The summed E-state index contributed by atoms with van der Waals surface area (Å²) in [6.45, 7) is 0. The maximum absolute atomic E-state index is 12.0. The molecule has 0 unspecified atom stereocenters. The number of amides is 1. The number of aromatic nitrogens is 4. The summed E-state index contributed by atoms with van der Waals surface area (Å²) in [4.78, 5) is 12.2. The molecule has 3 aromatic rings. The highest BCUT2D eigenvalue weighted by molar-refractivity contribution is 7.90. The molecule has 0 aliphatic heterocycles. The molecule has 0 spiro atoms. The number of rotatable bonds is 5. The van der Waals surface area contributed by atoms with Crippen LogP contribution in [0.25, 0.3) is 11.6 Å². The van der Waals surface area contributed by atoms with E-state index in [4.69, 9.17) is 4.42 Å². The highest BCUT2D eigenvalue weighted by atomic mass is 32.2. The molecule has 0 saturated carbocycles. The van der Waals surface area contributed by atoms with Gasteiger partial charge in [0.1, 0.15) is 5.69 Å². The van der Waals surface area contributed by atoms with Crippen LogP contribution >= 0.6 is 0 Å². The number of sulfone groups is 1. The number of nitrogens with zero attached hydrogens (tertiary/aromatic N) is 4. The third-order valence-corrected chi connectivity index (χ3v) is 4.45. The number of nitrogens with one attached hydrogen (secondary N) is 1. The van der Waals surface area contributed by atoms with Gasteiger partial charge in [0.2, 0.25) is 5.91 Å². The van der Waals surface area contributed by atoms with Crippen LogP contribution in [0, 0.1) is 0 Å². The third-order valence-electron chi connectivity index (χ3n) is 3.32. The van der Waals surface area contributed by atoms with Crippen molar-refractivity contribution in [1.29, 1.82) is 0 Å². The highest BCUT2D eigenvalue weighted by Crippen LogP contribution is 2.17. The number of hydrogen-bond donors (Lipinski definition) is 1. The van der Waals surface area contributed by atoms with Gasteiger partial charge < -0.3 is 4.42 Å². The van der Waals surface area contributed by atoms with Crippen molar-refractivity contribution in [2.24, 2.45) is 7.05 Å². The molecular weight excluding hydrogens is 346 g/mol. The Morgan fingerprint density at radius 3 is 2.52 bits per heavy atom. The Bertz CT molecular complexity index is 1000. The van der Waals surface area contributed by atoms with E-state index in [2.05, 4.69) is 20.6 Å². The standard InChI is InChI=1S/C15H15N5O4S/c1-20-8-7-12(19-20)14-17-18-15(24-14)16-13(21)9-10-3-5-11(6-4-10)25(2,22)23/h3-8H,9H2,1-2H3,(H,16,18,21). The molecule has 0 bridgehead atoms. The Hall–Kier alpha value is -3.01. The smallest absolute Gasteiger partial charge is 0.322 e. The predicted molar refractivity (Wildman–Crippen MR) is 88.4 cm³/mol.